The molecule has 0 aliphatic heterocycles. The first-order chi connectivity index (χ1) is 15.2. The van der Waals surface area contributed by atoms with Crippen molar-refractivity contribution in [3.05, 3.63) is 89.5 Å². The molecule has 0 aromatic heterocycles. The van der Waals surface area contributed by atoms with Gasteiger partial charge in [-0.15, -0.1) is 23.5 Å². The van der Waals surface area contributed by atoms with E-state index in [0.29, 0.717) is 0 Å². The molecule has 1 saturated carbocycles. The maximum absolute atomic E-state index is 11.9. The number of rotatable bonds is 8. The maximum atomic E-state index is 11.9. The Hall–Kier alpha value is -1.16. The van der Waals surface area contributed by atoms with E-state index >= 15 is 0 Å². The molecule has 2 unspecified atom stereocenters. The third kappa shape index (κ3) is 5.32. The van der Waals surface area contributed by atoms with E-state index in [0.717, 1.165) is 31.4 Å². The highest BCUT2D eigenvalue weighted by atomic mass is 35.7. The van der Waals surface area contributed by atoms with Crippen molar-refractivity contribution in [2.75, 3.05) is 0 Å². The van der Waals surface area contributed by atoms with Crippen molar-refractivity contribution in [1.82, 2.24) is 0 Å². The van der Waals surface area contributed by atoms with Crippen LogP contribution in [0, 0.1) is 31.0 Å². The Morgan fingerprint density at radius 1 is 0.656 bits per heavy atom. The summed E-state index contributed by atoms with van der Waals surface area (Å²) in [5.41, 5.74) is 3.20. The van der Waals surface area contributed by atoms with E-state index < -0.39 is 15.2 Å². The smallest absolute Gasteiger partial charge is 0.183 e. The molecule has 8 heteroatoms. The van der Waals surface area contributed by atoms with Crippen LogP contribution in [-0.4, -0.2) is 15.4 Å². The Bertz CT molecular complexity index is 1050. The lowest BCUT2D eigenvalue weighted by Gasteiger charge is -2.20. The van der Waals surface area contributed by atoms with Crippen molar-refractivity contribution in [3.8, 4) is 0 Å². The molecule has 0 bridgehead atoms. The van der Waals surface area contributed by atoms with Gasteiger partial charge < -0.3 is 0 Å². The lowest BCUT2D eigenvalue weighted by Crippen LogP contribution is -2.62. The summed E-state index contributed by atoms with van der Waals surface area (Å²) in [5, 5.41) is -0.483. The van der Waals surface area contributed by atoms with Gasteiger partial charge in [0.1, 0.15) is 0 Å². The van der Waals surface area contributed by atoms with E-state index in [9.17, 15) is 14.0 Å². The molecule has 0 amide bonds. The first kappa shape index (κ1) is 24.0. The number of hydrogen-bond acceptors (Lipinski definition) is 7. The molecule has 32 heavy (non-hydrogen) atoms. The number of halogens is 1. The molecule has 3 aromatic carbocycles. The second-order valence-electron chi connectivity index (χ2n) is 7.65. The lowest BCUT2D eigenvalue weighted by atomic mass is 10.2. The SMILES string of the molecule is Cc1ccccc1SC1C(Sc2ccccc2C)C1(O[Cl+3]([O-])([O-])[O-])Sc1ccccc1C. The van der Waals surface area contributed by atoms with Crippen LogP contribution in [0.15, 0.2) is 87.5 Å². The molecule has 0 spiro atoms. The van der Waals surface area contributed by atoms with E-state index in [1.165, 1.54) is 11.8 Å². The molecular formula is C24H23ClO4S3. The summed E-state index contributed by atoms with van der Waals surface area (Å²) in [4.78, 5) is 1.77. The minimum atomic E-state index is -4.61. The fraction of sp³-hybridized carbons (Fsp3) is 0.250. The van der Waals surface area contributed by atoms with Crippen LogP contribution in [0.3, 0.4) is 0 Å². The minimum absolute atomic E-state index is 0.242. The van der Waals surface area contributed by atoms with Gasteiger partial charge >= 0.3 is 0 Å². The van der Waals surface area contributed by atoms with Crippen LogP contribution in [0.1, 0.15) is 16.7 Å². The molecule has 168 valence electrons. The van der Waals surface area contributed by atoms with Crippen molar-refractivity contribution in [2.45, 2.75) is 50.9 Å². The summed E-state index contributed by atoms with van der Waals surface area (Å²) in [6.45, 7) is 6.01. The van der Waals surface area contributed by atoms with Gasteiger partial charge in [0.15, 0.2) is 0 Å². The van der Waals surface area contributed by atoms with E-state index in [-0.39, 0.29) is 10.5 Å². The van der Waals surface area contributed by atoms with Crippen molar-refractivity contribution in [2.24, 2.45) is 0 Å². The third-order valence-electron chi connectivity index (χ3n) is 5.23. The van der Waals surface area contributed by atoms with E-state index in [1.54, 1.807) is 23.5 Å². The standard InChI is InChI=1S/C24H23ClO4S3/c1-16-10-4-7-13-19(16)30-22-23(31-20-14-8-5-11-17(20)2)24(22,29-25(26,27)28)32-21-15-9-6-12-18(21)3/h4-15,22-23H,1-3H3. The molecule has 0 saturated heterocycles. The fourth-order valence-electron chi connectivity index (χ4n) is 3.43. The van der Waals surface area contributed by atoms with Gasteiger partial charge in [-0.1, -0.05) is 66.4 Å². The maximum Gasteiger partial charge on any atom is 0.299 e. The zero-order valence-corrected chi connectivity index (χ0v) is 21.0. The Kier molecular flexibility index (Phi) is 7.20. The lowest BCUT2D eigenvalue weighted by molar-refractivity contribution is -1.92. The zero-order chi connectivity index (χ0) is 22.9. The third-order valence-corrected chi connectivity index (χ3v) is 11.0. The van der Waals surface area contributed by atoms with Gasteiger partial charge in [-0.25, -0.2) is 0 Å². The van der Waals surface area contributed by atoms with E-state index in [2.05, 4.69) is 0 Å². The molecule has 0 heterocycles. The van der Waals surface area contributed by atoms with Crippen LogP contribution in [0.4, 0.5) is 0 Å². The number of benzene rings is 3. The first-order valence-electron chi connectivity index (χ1n) is 10.0. The summed E-state index contributed by atoms with van der Waals surface area (Å²) in [5.74, 6) is 0. The molecule has 1 aliphatic rings. The van der Waals surface area contributed by atoms with Crippen LogP contribution in [-0.2, 0) is 4.29 Å². The van der Waals surface area contributed by atoms with Gasteiger partial charge in [-0.2, -0.15) is 14.0 Å². The van der Waals surface area contributed by atoms with Crippen molar-refractivity contribution < 1.29 is 28.5 Å². The summed E-state index contributed by atoms with van der Waals surface area (Å²) in [6, 6.07) is 23.7. The number of thioether (sulfide) groups is 3. The second-order valence-corrected chi connectivity index (χ2v) is 12.2. The predicted octanol–water partition coefficient (Wildman–Crippen LogP) is 3.65. The summed E-state index contributed by atoms with van der Waals surface area (Å²) in [6.07, 6.45) is 0. The largest absolute Gasteiger partial charge is 0.299 e. The second kappa shape index (κ2) is 9.60. The van der Waals surface area contributed by atoms with Gasteiger partial charge in [0, 0.05) is 14.7 Å². The monoisotopic (exact) mass is 506 g/mol. The Morgan fingerprint density at radius 2 is 1.03 bits per heavy atom. The normalized spacial score (nSPS) is 22.7. The number of hydrogen-bond donors (Lipinski definition) is 0. The highest BCUT2D eigenvalue weighted by molar-refractivity contribution is 8.09. The van der Waals surface area contributed by atoms with Crippen molar-refractivity contribution in [1.29, 1.82) is 0 Å². The Labute approximate surface area is 203 Å². The fourth-order valence-corrected chi connectivity index (χ4v) is 9.29. The molecule has 1 fully saturated rings. The number of aryl methyl sites for hydroxylation is 3. The van der Waals surface area contributed by atoms with E-state index in [4.69, 9.17) is 4.29 Å². The van der Waals surface area contributed by atoms with Gasteiger partial charge in [0.2, 0.25) is 0 Å². The molecule has 3 aromatic rings. The zero-order valence-electron chi connectivity index (χ0n) is 17.8. The minimum Gasteiger partial charge on any atom is -0.183 e. The Morgan fingerprint density at radius 3 is 1.41 bits per heavy atom. The quantitative estimate of drug-likeness (QED) is 0.431. The van der Waals surface area contributed by atoms with Gasteiger partial charge in [-0.05, 0) is 55.7 Å². The molecule has 4 nitrogen and oxygen atoms in total. The predicted molar refractivity (Wildman–Crippen MR) is 123 cm³/mol. The molecule has 1 aliphatic carbocycles. The van der Waals surface area contributed by atoms with Gasteiger partial charge in [0.05, 0.1) is 25.0 Å². The van der Waals surface area contributed by atoms with Crippen molar-refractivity contribution >= 4 is 35.3 Å². The molecule has 4 rings (SSSR count). The van der Waals surface area contributed by atoms with Crippen LogP contribution >= 0.6 is 35.3 Å². The van der Waals surface area contributed by atoms with Crippen molar-refractivity contribution in [3.63, 3.8) is 0 Å². The highest BCUT2D eigenvalue weighted by Gasteiger charge is 2.78. The first-order valence-corrected chi connectivity index (χ1v) is 13.8. The van der Waals surface area contributed by atoms with Gasteiger partial charge in [-0.3, -0.25) is 0 Å². The van der Waals surface area contributed by atoms with Crippen LogP contribution in [0.2, 0.25) is 0 Å². The molecule has 0 N–H and O–H groups in total. The summed E-state index contributed by atoms with van der Waals surface area (Å²) < 4.78 is 40.9. The topological polar surface area (TPSA) is 78.4 Å². The molecule has 0 radical (unpaired) electrons. The summed E-state index contributed by atoms with van der Waals surface area (Å²) >= 11 is 4.46. The van der Waals surface area contributed by atoms with E-state index in [1.807, 2.05) is 93.6 Å². The molecule has 2 atom stereocenters. The van der Waals surface area contributed by atoms with Crippen LogP contribution in [0.25, 0.3) is 0 Å². The van der Waals surface area contributed by atoms with Gasteiger partial charge in [0.25, 0.3) is 4.93 Å². The van der Waals surface area contributed by atoms with Crippen LogP contribution in [0.5, 0.6) is 0 Å². The summed E-state index contributed by atoms with van der Waals surface area (Å²) in [7, 11) is -4.61. The average molecular weight is 507 g/mol. The molecular weight excluding hydrogens is 484 g/mol. The average Bonchev–Trinajstić information content (AvgIpc) is 3.28. The van der Waals surface area contributed by atoms with Crippen LogP contribution < -0.4 is 14.0 Å². The highest BCUT2D eigenvalue weighted by Crippen LogP contribution is 2.67. The Balaban J connectivity index is 1.74.